The highest BCUT2D eigenvalue weighted by atomic mass is 16.5. The Balaban J connectivity index is 1.65. The van der Waals surface area contributed by atoms with E-state index >= 15 is 0 Å². The molecule has 1 aromatic carbocycles. The van der Waals surface area contributed by atoms with Gasteiger partial charge in [0.2, 0.25) is 0 Å². The molecule has 2 unspecified atom stereocenters. The molecule has 2 atom stereocenters. The van der Waals surface area contributed by atoms with E-state index in [2.05, 4.69) is 17.4 Å². The second kappa shape index (κ2) is 5.29. The summed E-state index contributed by atoms with van der Waals surface area (Å²) < 4.78 is 11.7. The van der Waals surface area contributed by atoms with E-state index < -0.39 is 0 Å². The molecule has 1 heterocycles. The quantitative estimate of drug-likeness (QED) is 0.887. The fraction of sp³-hybridized carbons (Fsp3) is 0.600. The Kier molecular flexibility index (Phi) is 3.52. The van der Waals surface area contributed by atoms with Crippen LogP contribution in [0.15, 0.2) is 24.3 Å². The van der Waals surface area contributed by atoms with Crippen LogP contribution in [0.2, 0.25) is 0 Å². The van der Waals surface area contributed by atoms with Crippen molar-refractivity contribution in [3.8, 4) is 5.75 Å². The van der Waals surface area contributed by atoms with Crippen LogP contribution in [0.25, 0.3) is 0 Å². The van der Waals surface area contributed by atoms with Gasteiger partial charge in [-0.05, 0) is 43.4 Å². The molecule has 0 bridgehead atoms. The van der Waals surface area contributed by atoms with Crippen molar-refractivity contribution in [2.45, 2.75) is 32.0 Å². The minimum Gasteiger partial charge on any atom is -0.494 e. The van der Waals surface area contributed by atoms with Crippen LogP contribution < -0.4 is 10.1 Å². The molecule has 0 amide bonds. The summed E-state index contributed by atoms with van der Waals surface area (Å²) in [5, 5.41) is 3.49. The molecule has 1 aliphatic heterocycles. The van der Waals surface area contributed by atoms with Crippen molar-refractivity contribution in [1.82, 2.24) is 5.32 Å². The summed E-state index contributed by atoms with van der Waals surface area (Å²) in [7, 11) is 0. The van der Waals surface area contributed by atoms with Gasteiger partial charge in [-0.15, -0.1) is 0 Å². The van der Waals surface area contributed by atoms with Gasteiger partial charge in [-0.3, -0.25) is 0 Å². The summed E-state index contributed by atoms with van der Waals surface area (Å²) in [5.74, 6) is 1.73. The first-order valence-corrected chi connectivity index (χ1v) is 6.95. The summed E-state index contributed by atoms with van der Waals surface area (Å²) in [5.41, 5.74) is 1.25. The zero-order chi connectivity index (χ0) is 12.4. The van der Waals surface area contributed by atoms with E-state index in [0.29, 0.717) is 12.7 Å². The molecule has 0 radical (unpaired) electrons. The zero-order valence-electron chi connectivity index (χ0n) is 10.9. The van der Waals surface area contributed by atoms with Crippen molar-refractivity contribution in [2.24, 2.45) is 5.92 Å². The van der Waals surface area contributed by atoms with Crippen molar-refractivity contribution in [3.05, 3.63) is 29.8 Å². The van der Waals surface area contributed by atoms with Crippen LogP contribution in [0.3, 0.4) is 0 Å². The molecule has 98 valence electrons. The maximum Gasteiger partial charge on any atom is 0.119 e. The first kappa shape index (κ1) is 12.0. The van der Waals surface area contributed by atoms with Gasteiger partial charge in [-0.25, -0.2) is 0 Å². The first-order chi connectivity index (χ1) is 8.86. The minimum absolute atomic E-state index is 0.194. The Morgan fingerprint density at radius 2 is 2.00 bits per heavy atom. The van der Waals surface area contributed by atoms with E-state index in [-0.39, 0.29) is 6.10 Å². The van der Waals surface area contributed by atoms with Crippen LogP contribution in [0.4, 0.5) is 0 Å². The number of nitrogens with one attached hydrogen (secondary N) is 1. The Morgan fingerprint density at radius 3 is 2.67 bits per heavy atom. The van der Waals surface area contributed by atoms with Gasteiger partial charge >= 0.3 is 0 Å². The zero-order valence-corrected chi connectivity index (χ0v) is 10.9. The molecular formula is C15H21NO2. The molecule has 1 saturated carbocycles. The van der Waals surface area contributed by atoms with Crippen molar-refractivity contribution in [2.75, 3.05) is 19.7 Å². The Morgan fingerprint density at radius 1 is 1.22 bits per heavy atom. The van der Waals surface area contributed by atoms with Crippen molar-refractivity contribution in [3.63, 3.8) is 0 Å². The lowest BCUT2D eigenvalue weighted by atomic mass is 10.1. The summed E-state index contributed by atoms with van der Waals surface area (Å²) >= 11 is 0. The molecular weight excluding hydrogens is 226 g/mol. The van der Waals surface area contributed by atoms with Crippen molar-refractivity contribution < 1.29 is 9.47 Å². The van der Waals surface area contributed by atoms with E-state index in [1.165, 1.54) is 18.4 Å². The summed E-state index contributed by atoms with van der Waals surface area (Å²) in [6.45, 7) is 4.64. The lowest BCUT2D eigenvalue weighted by molar-refractivity contribution is -0.0493. The highest BCUT2D eigenvalue weighted by molar-refractivity contribution is 5.29. The predicted molar refractivity (Wildman–Crippen MR) is 70.8 cm³/mol. The summed E-state index contributed by atoms with van der Waals surface area (Å²) in [4.78, 5) is 0. The van der Waals surface area contributed by atoms with Gasteiger partial charge in [0.05, 0.1) is 18.8 Å². The average Bonchev–Trinajstić information content (AvgIpc) is 3.25. The van der Waals surface area contributed by atoms with Gasteiger partial charge in [0, 0.05) is 13.1 Å². The lowest BCUT2D eigenvalue weighted by Crippen LogP contribution is -2.41. The standard InChI is InChI=1S/C15H21NO2/c1-2-17-13-7-5-12(6-8-13)15-10-16-9-14(18-15)11-3-4-11/h5-8,11,14-16H,2-4,9-10H2,1H3. The van der Waals surface area contributed by atoms with E-state index in [1.54, 1.807) is 0 Å². The molecule has 1 N–H and O–H groups in total. The summed E-state index contributed by atoms with van der Waals surface area (Å²) in [6.07, 6.45) is 3.28. The van der Waals surface area contributed by atoms with Crippen molar-refractivity contribution >= 4 is 0 Å². The van der Waals surface area contributed by atoms with Crippen LogP contribution >= 0.6 is 0 Å². The molecule has 3 rings (SSSR count). The lowest BCUT2D eigenvalue weighted by Gasteiger charge is -2.31. The fourth-order valence-corrected chi connectivity index (χ4v) is 2.55. The first-order valence-electron chi connectivity index (χ1n) is 6.95. The monoisotopic (exact) mass is 247 g/mol. The average molecular weight is 247 g/mol. The SMILES string of the molecule is CCOc1ccc(C2CNCC(C3CC3)O2)cc1. The van der Waals surface area contributed by atoms with Gasteiger partial charge in [-0.1, -0.05) is 12.1 Å². The molecule has 2 fully saturated rings. The van der Waals surface area contributed by atoms with Crippen LogP contribution in [0, 0.1) is 5.92 Å². The van der Waals surface area contributed by atoms with E-state index in [0.717, 1.165) is 24.8 Å². The molecule has 2 aliphatic rings. The third-order valence-corrected chi connectivity index (χ3v) is 3.72. The fourth-order valence-electron chi connectivity index (χ4n) is 2.55. The smallest absolute Gasteiger partial charge is 0.119 e. The normalized spacial score (nSPS) is 28.1. The number of rotatable bonds is 4. The minimum atomic E-state index is 0.194. The van der Waals surface area contributed by atoms with E-state index in [1.807, 2.05) is 19.1 Å². The third-order valence-electron chi connectivity index (χ3n) is 3.72. The van der Waals surface area contributed by atoms with Gasteiger partial charge in [0.15, 0.2) is 0 Å². The second-order valence-electron chi connectivity index (χ2n) is 5.16. The maximum absolute atomic E-state index is 6.19. The number of benzene rings is 1. The molecule has 0 spiro atoms. The van der Waals surface area contributed by atoms with Crippen LogP contribution in [0.1, 0.15) is 31.4 Å². The number of morpholine rings is 1. The topological polar surface area (TPSA) is 30.5 Å². The molecule has 1 aromatic rings. The maximum atomic E-state index is 6.19. The highest BCUT2D eigenvalue weighted by Gasteiger charge is 2.35. The Labute approximate surface area is 108 Å². The Bertz CT molecular complexity index is 386. The van der Waals surface area contributed by atoms with Gasteiger partial charge in [-0.2, -0.15) is 0 Å². The van der Waals surface area contributed by atoms with E-state index in [9.17, 15) is 0 Å². The molecule has 1 saturated heterocycles. The third kappa shape index (κ3) is 2.68. The van der Waals surface area contributed by atoms with Gasteiger partial charge in [0.1, 0.15) is 5.75 Å². The number of ether oxygens (including phenoxy) is 2. The van der Waals surface area contributed by atoms with Crippen LogP contribution in [-0.4, -0.2) is 25.8 Å². The predicted octanol–water partition coefficient (Wildman–Crippen LogP) is 2.52. The molecule has 18 heavy (non-hydrogen) atoms. The largest absolute Gasteiger partial charge is 0.494 e. The molecule has 3 heteroatoms. The van der Waals surface area contributed by atoms with Gasteiger partial charge in [0.25, 0.3) is 0 Å². The van der Waals surface area contributed by atoms with Crippen LogP contribution in [-0.2, 0) is 4.74 Å². The van der Waals surface area contributed by atoms with Crippen molar-refractivity contribution in [1.29, 1.82) is 0 Å². The highest BCUT2D eigenvalue weighted by Crippen LogP contribution is 2.37. The molecule has 3 nitrogen and oxygen atoms in total. The second-order valence-corrected chi connectivity index (χ2v) is 5.16. The molecule has 0 aromatic heterocycles. The number of hydrogen-bond acceptors (Lipinski definition) is 3. The number of hydrogen-bond donors (Lipinski definition) is 1. The van der Waals surface area contributed by atoms with E-state index in [4.69, 9.17) is 9.47 Å². The Hall–Kier alpha value is -1.06. The van der Waals surface area contributed by atoms with Gasteiger partial charge < -0.3 is 14.8 Å². The summed E-state index contributed by atoms with van der Waals surface area (Å²) in [6, 6.07) is 8.30. The van der Waals surface area contributed by atoms with Crippen LogP contribution in [0.5, 0.6) is 5.75 Å². The molecule has 1 aliphatic carbocycles.